The number of amides is 2. The second-order valence-electron chi connectivity index (χ2n) is 10.4. The minimum Gasteiger partial charge on any atom is -0.497 e. The second kappa shape index (κ2) is 14.0. The van der Waals surface area contributed by atoms with Gasteiger partial charge in [-0.2, -0.15) is 0 Å². The van der Waals surface area contributed by atoms with Gasteiger partial charge in [-0.3, -0.25) is 14.5 Å². The predicted octanol–water partition coefficient (Wildman–Crippen LogP) is 6.32. The molecule has 46 heavy (non-hydrogen) atoms. The van der Waals surface area contributed by atoms with Crippen molar-refractivity contribution in [2.24, 2.45) is 0 Å². The first kappa shape index (κ1) is 31.7. The third-order valence-electron chi connectivity index (χ3n) is 7.43. The molecule has 3 aromatic carbocycles. The van der Waals surface area contributed by atoms with E-state index in [2.05, 4.69) is 33.0 Å². The van der Waals surface area contributed by atoms with Crippen LogP contribution >= 0.6 is 39.5 Å². The van der Waals surface area contributed by atoms with Crippen molar-refractivity contribution in [3.05, 3.63) is 119 Å². The highest BCUT2D eigenvalue weighted by Gasteiger charge is 2.54. The highest BCUT2D eigenvalue weighted by molar-refractivity contribution is 9.10. The molecule has 1 N–H and O–H groups in total. The summed E-state index contributed by atoms with van der Waals surface area (Å²) in [5.41, 5.74) is 3.19. The Morgan fingerprint density at radius 3 is 2.57 bits per heavy atom. The zero-order valence-corrected chi connectivity index (χ0v) is 27.8. The molecule has 0 aliphatic carbocycles. The van der Waals surface area contributed by atoms with E-state index >= 15 is 0 Å². The van der Waals surface area contributed by atoms with Crippen molar-refractivity contribution >= 4 is 62.8 Å². The van der Waals surface area contributed by atoms with Gasteiger partial charge in [-0.15, -0.1) is 23.5 Å². The molecule has 2 amide bonds. The summed E-state index contributed by atoms with van der Waals surface area (Å²) >= 11 is 6.25. The summed E-state index contributed by atoms with van der Waals surface area (Å²) in [7, 11) is 1.58. The van der Waals surface area contributed by atoms with Gasteiger partial charge in [0.1, 0.15) is 35.2 Å². The Morgan fingerprint density at radius 2 is 1.85 bits per heavy atom. The quantitative estimate of drug-likeness (QED) is 0.108. The van der Waals surface area contributed by atoms with E-state index in [9.17, 15) is 14.4 Å². The molecule has 4 aromatic rings. The van der Waals surface area contributed by atoms with Gasteiger partial charge in [0.2, 0.25) is 5.91 Å². The lowest BCUT2D eigenvalue weighted by atomic mass is 9.98. The Hall–Kier alpha value is -4.26. The van der Waals surface area contributed by atoms with Gasteiger partial charge in [0, 0.05) is 37.9 Å². The second-order valence-corrected chi connectivity index (χ2v) is 13.4. The van der Waals surface area contributed by atoms with Crippen molar-refractivity contribution in [1.29, 1.82) is 0 Å². The molecule has 0 saturated carbocycles. The Balaban J connectivity index is 1.23. The fourth-order valence-corrected chi connectivity index (χ4v) is 7.36. The van der Waals surface area contributed by atoms with Crippen LogP contribution in [0, 0.1) is 0 Å². The third kappa shape index (κ3) is 6.79. The van der Waals surface area contributed by atoms with E-state index < -0.39 is 23.3 Å². The van der Waals surface area contributed by atoms with Crippen LogP contribution < -0.4 is 10.1 Å². The fraction of sp³-hybridized carbons (Fsp3) is 0.176. The number of methoxy groups -OCH3 is 1. The van der Waals surface area contributed by atoms with Gasteiger partial charge in [-0.25, -0.2) is 4.79 Å². The van der Waals surface area contributed by atoms with Gasteiger partial charge in [0.15, 0.2) is 5.76 Å². The van der Waals surface area contributed by atoms with Crippen LogP contribution in [0.3, 0.4) is 0 Å². The summed E-state index contributed by atoms with van der Waals surface area (Å²) in [4.78, 5) is 42.4. The first-order valence-corrected chi connectivity index (χ1v) is 17.0. The summed E-state index contributed by atoms with van der Waals surface area (Å²) in [5.74, 6) is 0.194. The van der Waals surface area contributed by atoms with E-state index in [0.717, 1.165) is 20.5 Å². The Labute approximate surface area is 282 Å². The zero-order chi connectivity index (χ0) is 32.2. The smallest absolute Gasteiger partial charge is 0.355 e. The molecule has 2 atom stereocenters. The lowest BCUT2D eigenvalue weighted by Crippen LogP contribution is -2.70. The number of thioether (sulfide) groups is 2. The van der Waals surface area contributed by atoms with Gasteiger partial charge in [-0.05, 0) is 42.0 Å². The molecule has 0 bridgehead atoms. The highest BCUT2D eigenvalue weighted by Crippen LogP contribution is 2.44. The Kier molecular flexibility index (Phi) is 9.67. The molecule has 2 aliphatic heterocycles. The lowest BCUT2D eigenvalue weighted by molar-refractivity contribution is -0.153. The molecule has 1 saturated heterocycles. The van der Waals surface area contributed by atoms with E-state index in [1.165, 1.54) is 28.4 Å². The van der Waals surface area contributed by atoms with Crippen molar-refractivity contribution in [2.45, 2.75) is 22.9 Å². The van der Waals surface area contributed by atoms with Gasteiger partial charge in [-0.1, -0.05) is 70.1 Å². The SMILES string of the molecule is C=C(C1=C(C(=O)OCc2ccc(OC)cc2)N2C(=O)[C@@H](NC(=O)CSc3ccccc3)[C@H]2SC1)c1cc(-c2ccc(Br)cc2)no1. The molecule has 0 unspecified atom stereocenters. The molecule has 2 aliphatic rings. The molecule has 1 aromatic heterocycles. The molecule has 6 rings (SSSR count). The van der Waals surface area contributed by atoms with Crippen molar-refractivity contribution in [3.8, 4) is 17.0 Å². The van der Waals surface area contributed by atoms with E-state index in [1.807, 2.05) is 54.6 Å². The normalized spacial score (nSPS) is 17.2. The summed E-state index contributed by atoms with van der Waals surface area (Å²) in [6, 6.07) is 25.3. The molecule has 12 heteroatoms. The standard InChI is InChI=1S/C34H28BrN3O6S2/c1-20(28-16-27(37-44-28)22-10-12-23(35)13-11-22)26-18-46-33-30(36-29(39)19-45-25-6-4-3-5-7-25)32(40)38(33)31(26)34(41)43-17-21-8-14-24(42-2)15-9-21/h3-16,30,33H,1,17-19H2,2H3,(H,36,39)/t30-,33-/m1/s1. The summed E-state index contributed by atoms with van der Waals surface area (Å²) in [5, 5.41) is 6.57. The number of benzene rings is 3. The first-order chi connectivity index (χ1) is 22.3. The number of hydrogen-bond donors (Lipinski definition) is 1. The largest absolute Gasteiger partial charge is 0.497 e. The van der Waals surface area contributed by atoms with Crippen LogP contribution in [0.15, 0.2) is 117 Å². The maximum atomic E-state index is 13.7. The van der Waals surface area contributed by atoms with Crippen molar-refractivity contribution in [3.63, 3.8) is 0 Å². The number of nitrogens with one attached hydrogen (secondary N) is 1. The molecular formula is C34H28BrN3O6S2. The summed E-state index contributed by atoms with van der Waals surface area (Å²) < 4.78 is 17.5. The monoisotopic (exact) mass is 717 g/mol. The maximum Gasteiger partial charge on any atom is 0.355 e. The van der Waals surface area contributed by atoms with Crippen LogP contribution in [0.5, 0.6) is 5.75 Å². The topological polar surface area (TPSA) is 111 Å². The van der Waals surface area contributed by atoms with Crippen LogP contribution in [0.25, 0.3) is 16.8 Å². The molecular weight excluding hydrogens is 690 g/mol. The van der Waals surface area contributed by atoms with Gasteiger partial charge < -0.3 is 19.3 Å². The molecule has 3 heterocycles. The zero-order valence-electron chi connectivity index (χ0n) is 24.6. The summed E-state index contributed by atoms with van der Waals surface area (Å²) in [6.45, 7) is 4.21. The van der Waals surface area contributed by atoms with Crippen molar-refractivity contribution < 1.29 is 28.4 Å². The van der Waals surface area contributed by atoms with E-state index in [-0.39, 0.29) is 24.0 Å². The number of nitrogens with zero attached hydrogens (tertiary/aromatic N) is 2. The minimum absolute atomic E-state index is 0.0151. The number of carbonyl (C=O) groups is 3. The highest BCUT2D eigenvalue weighted by atomic mass is 79.9. The van der Waals surface area contributed by atoms with Crippen molar-refractivity contribution in [1.82, 2.24) is 15.4 Å². The number of hydrogen-bond acceptors (Lipinski definition) is 9. The number of ether oxygens (including phenoxy) is 2. The minimum atomic E-state index is -0.776. The van der Waals surface area contributed by atoms with Crippen LogP contribution in [-0.4, -0.2) is 57.9 Å². The number of esters is 1. The average Bonchev–Trinajstić information content (AvgIpc) is 3.59. The van der Waals surface area contributed by atoms with Crippen LogP contribution in [0.2, 0.25) is 0 Å². The number of aromatic nitrogens is 1. The fourth-order valence-electron chi connectivity index (χ4n) is 4.98. The Morgan fingerprint density at radius 1 is 1.11 bits per heavy atom. The number of halogens is 1. The molecule has 234 valence electrons. The van der Waals surface area contributed by atoms with Gasteiger partial charge >= 0.3 is 5.97 Å². The molecule has 0 radical (unpaired) electrons. The van der Waals surface area contributed by atoms with Crippen molar-refractivity contribution in [2.75, 3.05) is 18.6 Å². The average molecular weight is 719 g/mol. The Bertz CT molecular complexity index is 1810. The molecule has 0 spiro atoms. The number of carbonyl (C=O) groups excluding carboxylic acids is 3. The van der Waals surface area contributed by atoms with E-state index in [4.69, 9.17) is 14.0 Å². The van der Waals surface area contributed by atoms with Gasteiger partial charge in [0.25, 0.3) is 5.91 Å². The first-order valence-electron chi connectivity index (χ1n) is 14.2. The van der Waals surface area contributed by atoms with Crippen LogP contribution in [0.4, 0.5) is 0 Å². The van der Waals surface area contributed by atoms with E-state index in [1.54, 1.807) is 37.4 Å². The predicted molar refractivity (Wildman–Crippen MR) is 181 cm³/mol. The number of rotatable bonds is 11. The molecule has 1 fully saturated rings. The van der Waals surface area contributed by atoms with Gasteiger partial charge in [0.05, 0.1) is 12.9 Å². The molecule has 9 nitrogen and oxygen atoms in total. The number of allylic oxidation sites excluding steroid dienone is 1. The number of β-lactam (4-membered cyclic amide) rings is 1. The third-order valence-corrected chi connectivity index (χ3v) is 10.3. The lowest BCUT2D eigenvalue weighted by Gasteiger charge is -2.49. The van der Waals surface area contributed by atoms with E-state index in [0.29, 0.717) is 34.1 Å². The van der Waals surface area contributed by atoms with Crippen LogP contribution in [0.1, 0.15) is 11.3 Å². The van der Waals surface area contributed by atoms with Crippen LogP contribution in [-0.2, 0) is 25.7 Å². The number of fused-ring (bicyclic) bond motifs is 1. The summed E-state index contributed by atoms with van der Waals surface area (Å²) in [6.07, 6.45) is 0. The maximum absolute atomic E-state index is 13.7.